The number of hydrogen-bond donors (Lipinski definition) is 1. The number of ketones is 1. The van der Waals surface area contributed by atoms with Crippen molar-refractivity contribution >= 4 is 16.8 Å². The predicted octanol–water partition coefficient (Wildman–Crippen LogP) is 6.57. The van der Waals surface area contributed by atoms with Gasteiger partial charge in [0.25, 0.3) is 0 Å². The van der Waals surface area contributed by atoms with E-state index in [4.69, 9.17) is 4.98 Å². The average Bonchev–Trinajstić information content (AvgIpc) is 3.10. The molecule has 4 aromatic rings. The highest BCUT2D eigenvalue weighted by Gasteiger charge is 2.15. The first-order valence-corrected chi connectivity index (χ1v) is 10.4. The first-order chi connectivity index (χ1) is 14.2. The molecule has 0 radical (unpaired) electrons. The molecule has 152 valence electrons. The molecule has 4 rings (SSSR count). The van der Waals surface area contributed by atoms with E-state index in [1.54, 1.807) is 0 Å². The fraction of sp³-hybridized carbons (Fsp3) is 0.259. The molecule has 30 heavy (non-hydrogen) atoms. The Balaban J connectivity index is 1.60. The van der Waals surface area contributed by atoms with Crippen LogP contribution in [-0.2, 0) is 11.8 Å². The van der Waals surface area contributed by atoms with Crippen molar-refractivity contribution in [3.8, 4) is 11.4 Å². The van der Waals surface area contributed by atoms with Crippen molar-refractivity contribution in [1.29, 1.82) is 0 Å². The van der Waals surface area contributed by atoms with E-state index in [9.17, 15) is 4.79 Å². The molecule has 0 unspecified atom stereocenters. The summed E-state index contributed by atoms with van der Waals surface area (Å²) in [5.74, 6) is 0.964. The van der Waals surface area contributed by atoms with E-state index in [-0.39, 0.29) is 11.2 Å². The molecule has 1 N–H and O–H groups in total. The number of fused-ring (bicyclic) bond motifs is 1. The molecule has 0 amide bonds. The van der Waals surface area contributed by atoms with Gasteiger partial charge in [0.2, 0.25) is 0 Å². The van der Waals surface area contributed by atoms with Crippen molar-refractivity contribution < 1.29 is 4.79 Å². The fourth-order valence-corrected chi connectivity index (χ4v) is 3.90. The lowest BCUT2D eigenvalue weighted by Crippen LogP contribution is -2.11. The molecule has 0 aliphatic rings. The minimum Gasteiger partial charge on any atom is -0.338 e. The molecule has 3 heteroatoms. The lowest BCUT2D eigenvalue weighted by Gasteiger charge is -2.19. The number of H-pyrrole nitrogens is 1. The van der Waals surface area contributed by atoms with Crippen LogP contribution in [0.25, 0.3) is 22.4 Å². The summed E-state index contributed by atoms with van der Waals surface area (Å²) in [4.78, 5) is 21.1. The number of nitrogens with one attached hydrogen (secondary N) is 1. The van der Waals surface area contributed by atoms with Crippen LogP contribution < -0.4 is 0 Å². The van der Waals surface area contributed by atoms with Gasteiger partial charge in [0.15, 0.2) is 5.78 Å². The van der Waals surface area contributed by atoms with Crippen molar-refractivity contribution in [2.75, 3.05) is 0 Å². The van der Waals surface area contributed by atoms with Crippen molar-refractivity contribution in [2.24, 2.45) is 0 Å². The van der Waals surface area contributed by atoms with Gasteiger partial charge in [-0.1, -0.05) is 63.2 Å². The van der Waals surface area contributed by atoms with Crippen LogP contribution in [0.4, 0.5) is 0 Å². The van der Waals surface area contributed by atoms with E-state index in [0.29, 0.717) is 12.0 Å². The van der Waals surface area contributed by atoms with Gasteiger partial charge in [-0.3, -0.25) is 4.79 Å². The number of imidazole rings is 1. The number of hydrogen-bond acceptors (Lipinski definition) is 2. The Morgan fingerprint density at radius 2 is 1.60 bits per heavy atom. The van der Waals surface area contributed by atoms with Crippen LogP contribution in [0.3, 0.4) is 0 Å². The average molecular weight is 397 g/mol. The van der Waals surface area contributed by atoms with E-state index < -0.39 is 0 Å². The van der Waals surface area contributed by atoms with Crippen LogP contribution in [0, 0.1) is 13.8 Å². The molecular weight excluding hydrogens is 368 g/mol. The first kappa shape index (κ1) is 20.1. The normalized spacial score (nSPS) is 11.8. The number of rotatable bonds is 4. The summed E-state index contributed by atoms with van der Waals surface area (Å²) in [6, 6.07) is 20.3. The third kappa shape index (κ3) is 3.93. The summed E-state index contributed by atoms with van der Waals surface area (Å²) in [6.07, 6.45) is 0.397. The molecule has 0 saturated carbocycles. The lowest BCUT2D eigenvalue weighted by molar-refractivity contribution is 0.0993. The summed E-state index contributed by atoms with van der Waals surface area (Å²) < 4.78 is 0. The number of aromatic nitrogens is 2. The Bertz CT molecular complexity index is 1200. The highest BCUT2D eigenvalue weighted by Crippen LogP contribution is 2.27. The number of aromatic amines is 1. The second kappa shape index (κ2) is 7.56. The summed E-state index contributed by atoms with van der Waals surface area (Å²) in [7, 11) is 0. The molecule has 3 nitrogen and oxygen atoms in total. The van der Waals surface area contributed by atoms with Crippen molar-refractivity contribution in [2.45, 2.75) is 46.5 Å². The summed E-state index contributed by atoms with van der Waals surface area (Å²) in [5, 5.41) is 0. The second-order valence-electron chi connectivity index (χ2n) is 9.13. The van der Waals surface area contributed by atoms with E-state index in [2.05, 4.69) is 82.1 Å². The Kier molecular flexibility index (Phi) is 5.07. The first-order valence-electron chi connectivity index (χ1n) is 10.4. The van der Waals surface area contributed by atoms with Gasteiger partial charge in [-0.15, -0.1) is 0 Å². The minimum absolute atomic E-state index is 0.112. The Morgan fingerprint density at radius 3 is 2.23 bits per heavy atom. The van der Waals surface area contributed by atoms with Crippen LogP contribution >= 0.6 is 0 Å². The maximum absolute atomic E-state index is 12.9. The molecular formula is C27H28N2O. The summed E-state index contributed by atoms with van der Waals surface area (Å²) in [6.45, 7) is 10.8. The number of Topliss-reactive ketones (excluding diaryl/α,β-unsaturated/α-hetero) is 1. The molecule has 1 heterocycles. The van der Waals surface area contributed by atoms with Crippen LogP contribution in [0.5, 0.6) is 0 Å². The van der Waals surface area contributed by atoms with Gasteiger partial charge >= 0.3 is 0 Å². The monoisotopic (exact) mass is 396 g/mol. The largest absolute Gasteiger partial charge is 0.338 e. The van der Waals surface area contributed by atoms with Gasteiger partial charge in [-0.2, -0.15) is 0 Å². The maximum Gasteiger partial charge on any atom is 0.167 e. The topological polar surface area (TPSA) is 45.8 Å². The third-order valence-corrected chi connectivity index (χ3v) is 5.71. The van der Waals surface area contributed by atoms with Gasteiger partial charge in [0.1, 0.15) is 5.82 Å². The molecule has 0 saturated heterocycles. The standard InChI is InChI=1S/C27H28N2O/c1-17-7-6-8-18(2)25(17)26-28-22-14-11-20(16-23(22)29-26)24(30)15-19-9-12-21(13-10-19)27(3,4)5/h6-14,16H,15H2,1-5H3,(H,28,29). The molecule has 1 aromatic heterocycles. The van der Waals surface area contributed by atoms with Crippen molar-refractivity contribution in [3.05, 3.63) is 88.5 Å². The summed E-state index contributed by atoms with van der Waals surface area (Å²) in [5.41, 5.74) is 8.39. The SMILES string of the molecule is Cc1cccc(C)c1-c1nc2ccc(C(=O)Cc3ccc(C(C)(C)C)cc3)cc2[nH]1. The number of carbonyl (C=O) groups is 1. The van der Waals surface area contributed by atoms with E-state index in [1.807, 2.05) is 18.2 Å². The fourth-order valence-electron chi connectivity index (χ4n) is 3.90. The zero-order chi connectivity index (χ0) is 21.5. The van der Waals surface area contributed by atoms with Gasteiger partial charge in [0.05, 0.1) is 11.0 Å². The lowest BCUT2D eigenvalue weighted by atomic mass is 9.86. The highest BCUT2D eigenvalue weighted by molar-refractivity contribution is 6.00. The van der Waals surface area contributed by atoms with Crippen LogP contribution in [0.2, 0.25) is 0 Å². The highest BCUT2D eigenvalue weighted by atomic mass is 16.1. The van der Waals surface area contributed by atoms with Gasteiger partial charge in [-0.25, -0.2) is 4.98 Å². The minimum atomic E-state index is 0.112. The third-order valence-electron chi connectivity index (χ3n) is 5.71. The smallest absolute Gasteiger partial charge is 0.167 e. The number of nitrogens with zero attached hydrogens (tertiary/aromatic N) is 1. The van der Waals surface area contributed by atoms with Crippen molar-refractivity contribution in [1.82, 2.24) is 9.97 Å². The van der Waals surface area contributed by atoms with Crippen LogP contribution in [-0.4, -0.2) is 15.8 Å². The van der Waals surface area contributed by atoms with Gasteiger partial charge in [0, 0.05) is 17.5 Å². The van der Waals surface area contributed by atoms with Crippen LogP contribution in [0.1, 0.15) is 53.4 Å². The Morgan fingerprint density at radius 1 is 0.933 bits per heavy atom. The van der Waals surface area contributed by atoms with E-state index in [1.165, 1.54) is 16.7 Å². The van der Waals surface area contributed by atoms with Gasteiger partial charge in [-0.05, 0) is 59.7 Å². The molecule has 0 spiro atoms. The van der Waals surface area contributed by atoms with E-state index in [0.717, 1.165) is 28.0 Å². The number of benzene rings is 3. The van der Waals surface area contributed by atoms with Crippen LogP contribution in [0.15, 0.2) is 60.7 Å². The second-order valence-corrected chi connectivity index (χ2v) is 9.13. The molecule has 0 aliphatic carbocycles. The quantitative estimate of drug-likeness (QED) is 0.397. The zero-order valence-corrected chi connectivity index (χ0v) is 18.3. The number of aryl methyl sites for hydroxylation is 2. The predicted molar refractivity (Wildman–Crippen MR) is 124 cm³/mol. The molecule has 0 aliphatic heterocycles. The number of carbonyl (C=O) groups excluding carboxylic acids is 1. The Labute approximate surface area is 178 Å². The van der Waals surface area contributed by atoms with Gasteiger partial charge < -0.3 is 4.98 Å². The molecule has 3 aromatic carbocycles. The van der Waals surface area contributed by atoms with E-state index >= 15 is 0 Å². The molecule has 0 bridgehead atoms. The molecule has 0 fully saturated rings. The molecule has 0 atom stereocenters. The Hall–Kier alpha value is -3.20. The summed E-state index contributed by atoms with van der Waals surface area (Å²) >= 11 is 0. The maximum atomic E-state index is 12.9. The zero-order valence-electron chi connectivity index (χ0n) is 18.3. The van der Waals surface area contributed by atoms with Crippen molar-refractivity contribution in [3.63, 3.8) is 0 Å².